The minimum absolute atomic E-state index is 0.0889. The largest absolute Gasteiger partial charge is 0.394 e. The molecule has 0 spiro atoms. The van der Waals surface area contributed by atoms with Gasteiger partial charge in [0.25, 0.3) is 0 Å². The van der Waals surface area contributed by atoms with Gasteiger partial charge in [0.2, 0.25) is 0 Å². The van der Waals surface area contributed by atoms with Crippen molar-refractivity contribution in [1.29, 1.82) is 0 Å². The Kier molecular flexibility index (Phi) is 11.5. The van der Waals surface area contributed by atoms with Crippen molar-refractivity contribution in [2.45, 2.75) is 123 Å². The van der Waals surface area contributed by atoms with Gasteiger partial charge in [-0.1, -0.05) is 0 Å². The first-order valence-corrected chi connectivity index (χ1v) is 13.9. The molecule has 0 radical (unpaired) electrons. The molecular weight excluding hydrogens is 568 g/mol. The van der Waals surface area contributed by atoms with Gasteiger partial charge in [0, 0.05) is 25.2 Å². The lowest BCUT2D eigenvalue weighted by Crippen LogP contribution is -2.68. The molecule has 0 bridgehead atoms. The molecule has 4 fully saturated rings. The van der Waals surface area contributed by atoms with E-state index in [1.54, 1.807) is 0 Å². The van der Waals surface area contributed by atoms with Crippen LogP contribution in [-0.4, -0.2) is 172 Å². The van der Waals surface area contributed by atoms with Gasteiger partial charge in [-0.3, -0.25) is 0 Å². The topological polar surface area (TPSA) is 353 Å². The lowest BCUT2D eigenvalue weighted by atomic mass is 9.84. The Balaban J connectivity index is 1.50. The second-order valence-corrected chi connectivity index (χ2v) is 11.2. The standard InChI is InChI=1S/C23H46N6O13/c24-2-7-13(32)15(34)10(28)21(37-7)40-18-6(27)1-5(26)12(31)20(18)42-23-17(36)19(9(4-30)39-23)41-22-11(29)16(35)14(33)8(3-25)38-22/h5-23,30-36H,1-4,24-29H2/t5-,6+,7-,8+,9-,10-,11-,12+,13-,14-,15-,16-,17-,18-,19-,20-,21-,22-,23+/m0/s1. The van der Waals surface area contributed by atoms with Gasteiger partial charge in [0.15, 0.2) is 18.9 Å². The van der Waals surface area contributed by atoms with Crippen molar-refractivity contribution in [3.8, 4) is 0 Å². The summed E-state index contributed by atoms with van der Waals surface area (Å²) in [6, 6.07) is -4.18. The maximum atomic E-state index is 11.1. The maximum Gasteiger partial charge on any atom is 0.187 e. The average Bonchev–Trinajstić information content (AvgIpc) is 3.27. The van der Waals surface area contributed by atoms with E-state index in [4.69, 9.17) is 62.8 Å². The molecule has 1 saturated carbocycles. The van der Waals surface area contributed by atoms with E-state index in [0.29, 0.717) is 0 Å². The van der Waals surface area contributed by atoms with E-state index in [0.717, 1.165) is 0 Å². The lowest BCUT2D eigenvalue weighted by Gasteiger charge is -2.47. The van der Waals surface area contributed by atoms with E-state index < -0.39 is 123 Å². The Morgan fingerprint density at radius 3 is 1.45 bits per heavy atom. The first-order chi connectivity index (χ1) is 19.8. The molecule has 3 heterocycles. The number of hydrogen-bond donors (Lipinski definition) is 13. The molecule has 0 aromatic carbocycles. The van der Waals surface area contributed by atoms with Gasteiger partial charge in [0.05, 0.1) is 24.8 Å². The van der Waals surface area contributed by atoms with Crippen molar-refractivity contribution >= 4 is 0 Å². The van der Waals surface area contributed by atoms with Gasteiger partial charge in [-0.2, -0.15) is 0 Å². The fourth-order valence-electron chi connectivity index (χ4n) is 5.74. The molecule has 246 valence electrons. The number of aliphatic hydroxyl groups excluding tert-OH is 7. The zero-order valence-corrected chi connectivity index (χ0v) is 22.8. The van der Waals surface area contributed by atoms with Gasteiger partial charge in [-0.05, 0) is 6.42 Å². The summed E-state index contributed by atoms with van der Waals surface area (Å²) in [4.78, 5) is 0. The predicted molar refractivity (Wildman–Crippen MR) is 138 cm³/mol. The third-order valence-electron chi connectivity index (χ3n) is 8.37. The van der Waals surface area contributed by atoms with Crippen LogP contribution in [0.4, 0.5) is 0 Å². The fraction of sp³-hybridized carbons (Fsp3) is 1.00. The van der Waals surface area contributed by atoms with Crippen LogP contribution in [0.3, 0.4) is 0 Å². The van der Waals surface area contributed by atoms with Crippen LogP contribution in [0, 0.1) is 0 Å². The third-order valence-corrected chi connectivity index (χ3v) is 8.37. The van der Waals surface area contributed by atoms with Crippen LogP contribution in [0.5, 0.6) is 0 Å². The SMILES string of the molecule is NC[C@@H]1O[C@@H](O[C@@H]2[C@@H](O[C@H]3O[C@@H](CO)[C@H](O[C@@H]4O[C@H](CN)[C@H](O)[C@@H](O)[C@@H]4N)[C@@H]3O)[C@H](O)[C@@H](N)C[C@H]2N)[C@@H](N)[C@H](O)[C@H]1O. The van der Waals surface area contributed by atoms with Gasteiger partial charge in [-0.15, -0.1) is 0 Å². The second-order valence-electron chi connectivity index (χ2n) is 11.2. The van der Waals surface area contributed by atoms with E-state index in [9.17, 15) is 35.7 Å². The van der Waals surface area contributed by atoms with Crippen molar-refractivity contribution in [2.24, 2.45) is 34.4 Å². The van der Waals surface area contributed by atoms with Crippen LogP contribution < -0.4 is 34.4 Å². The molecule has 0 unspecified atom stereocenters. The summed E-state index contributed by atoms with van der Waals surface area (Å²) < 4.78 is 34.6. The van der Waals surface area contributed by atoms with Crippen LogP contribution in [0.15, 0.2) is 0 Å². The Hall–Kier alpha value is -0.760. The van der Waals surface area contributed by atoms with Crippen LogP contribution in [0.2, 0.25) is 0 Å². The summed E-state index contributed by atoms with van der Waals surface area (Å²) in [6.45, 7) is -0.967. The summed E-state index contributed by atoms with van der Waals surface area (Å²) in [5.74, 6) is 0. The van der Waals surface area contributed by atoms with Gasteiger partial charge >= 0.3 is 0 Å². The molecule has 3 saturated heterocycles. The minimum Gasteiger partial charge on any atom is -0.394 e. The predicted octanol–water partition coefficient (Wildman–Crippen LogP) is -8.90. The minimum atomic E-state index is -1.60. The summed E-state index contributed by atoms with van der Waals surface area (Å²) in [5, 5.41) is 73.0. The molecule has 3 aliphatic heterocycles. The lowest BCUT2D eigenvalue weighted by molar-refractivity contribution is -0.306. The van der Waals surface area contributed by atoms with Crippen molar-refractivity contribution in [3.63, 3.8) is 0 Å². The van der Waals surface area contributed by atoms with E-state index in [1.165, 1.54) is 0 Å². The summed E-state index contributed by atoms with van der Waals surface area (Å²) >= 11 is 0. The highest BCUT2D eigenvalue weighted by atomic mass is 16.8. The highest BCUT2D eigenvalue weighted by molar-refractivity contribution is 5.02. The Morgan fingerprint density at radius 1 is 0.524 bits per heavy atom. The fourth-order valence-corrected chi connectivity index (χ4v) is 5.74. The van der Waals surface area contributed by atoms with E-state index in [-0.39, 0.29) is 19.5 Å². The number of aliphatic hydroxyl groups is 7. The summed E-state index contributed by atoms with van der Waals surface area (Å²) in [6.07, 6.45) is -19.8. The van der Waals surface area contributed by atoms with Crippen molar-refractivity contribution < 1.29 is 64.2 Å². The molecule has 19 atom stereocenters. The Labute approximate surface area is 241 Å². The smallest absolute Gasteiger partial charge is 0.187 e. The van der Waals surface area contributed by atoms with E-state index in [1.807, 2.05) is 0 Å². The molecule has 19 N–H and O–H groups in total. The maximum absolute atomic E-state index is 11.1. The molecule has 19 heteroatoms. The molecule has 0 amide bonds. The number of hydrogen-bond acceptors (Lipinski definition) is 19. The van der Waals surface area contributed by atoms with Crippen LogP contribution in [0.25, 0.3) is 0 Å². The average molecular weight is 615 g/mol. The first kappa shape index (κ1) is 34.1. The molecule has 42 heavy (non-hydrogen) atoms. The second kappa shape index (κ2) is 14.1. The molecule has 0 aromatic heterocycles. The first-order valence-electron chi connectivity index (χ1n) is 13.9. The number of nitrogens with two attached hydrogens (primary N) is 6. The van der Waals surface area contributed by atoms with E-state index in [2.05, 4.69) is 0 Å². The monoisotopic (exact) mass is 614 g/mol. The van der Waals surface area contributed by atoms with Crippen LogP contribution in [-0.2, 0) is 28.4 Å². The highest BCUT2D eigenvalue weighted by Crippen LogP contribution is 2.34. The van der Waals surface area contributed by atoms with Crippen molar-refractivity contribution in [2.75, 3.05) is 19.7 Å². The zero-order valence-electron chi connectivity index (χ0n) is 22.8. The zero-order chi connectivity index (χ0) is 31.0. The van der Waals surface area contributed by atoms with Gasteiger partial charge in [-0.25, -0.2) is 0 Å². The third kappa shape index (κ3) is 6.60. The van der Waals surface area contributed by atoms with Gasteiger partial charge < -0.3 is 98.6 Å². The van der Waals surface area contributed by atoms with Crippen molar-refractivity contribution in [1.82, 2.24) is 0 Å². The molecule has 4 aliphatic rings. The quantitative estimate of drug-likeness (QED) is 0.115. The summed E-state index contributed by atoms with van der Waals surface area (Å²) in [7, 11) is 0. The molecule has 4 rings (SSSR count). The normalized spacial score (nSPS) is 53.8. The molecular formula is C23H46N6O13. The number of rotatable bonds is 9. The Bertz CT molecular complexity index is 868. The number of ether oxygens (including phenoxy) is 6. The van der Waals surface area contributed by atoms with Crippen LogP contribution >= 0.6 is 0 Å². The Morgan fingerprint density at radius 2 is 0.976 bits per heavy atom. The van der Waals surface area contributed by atoms with E-state index >= 15 is 0 Å². The van der Waals surface area contributed by atoms with Gasteiger partial charge in [0.1, 0.15) is 67.1 Å². The van der Waals surface area contributed by atoms with Crippen molar-refractivity contribution in [3.05, 3.63) is 0 Å². The molecule has 0 aromatic rings. The molecule has 1 aliphatic carbocycles. The summed E-state index contributed by atoms with van der Waals surface area (Å²) in [5.41, 5.74) is 35.6. The van der Waals surface area contributed by atoms with Crippen LogP contribution in [0.1, 0.15) is 6.42 Å². The molecule has 19 nitrogen and oxygen atoms in total. The highest BCUT2D eigenvalue weighted by Gasteiger charge is 2.54.